The number of amides is 2. The third kappa shape index (κ3) is 10.9. The molecule has 2 atom stereocenters. The fraction of sp³-hybridized carbons (Fsp3) is 0.366. The average Bonchev–Trinajstić information content (AvgIpc) is 3.21. The standard InChI is InChI=1S/C41H47ClFN3O5.ClH/c1-41(2,3)27-46-34-20-19-30(42)24-32(34)38(51-36(40(46)48)25-37(47)45-26-29-15-8-9-17-33(29)43)31-16-10-18-35(39(31)49-4)50-23-22-44-21-11-14-28-12-6-5-7-13-28;/h5-10,12-13,15-20,24,36,38,44H,11,14,21-23,25-27H2,1-4H3,(H,45,47);1H/t36-,38-;/m0./s1. The second-order valence-electron chi connectivity index (χ2n) is 13.8. The molecule has 4 aromatic rings. The van der Waals surface area contributed by atoms with Crippen LogP contribution in [0.5, 0.6) is 11.5 Å². The summed E-state index contributed by atoms with van der Waals surface area (Å²) in [4.78, 5) is 29.3. The van der Waals surface area contributed by atoms with Gasteiger partial charge in [-0.25, -0.2) is 4.39 Å². The van der Waals surface area contributed by atoms with Crippen LogP contribution in [-0.2, 0) is 27.3 Å². The Morgan fingerprint density at radius 1 is 0.962 bits per heavy atom. The van der Waals surface area contributed by atoms with Gasteiger partial charge in [0.05, 0.1) is 13.5 Å². The topological polar surface area (TPSA) is 89.1 Å². The molecule has 8 nitrogen and oxygen atoms in total. The highest BCUT2D eigenvalue weighted by molar-refractivity contribution is 6.30. The lowest BCUT2D eigenvalue weighted by Crippen LogP contribution is -2.45. The van der Waals surface area contributed by atoms with Crippen LogP contribution in [0.3, 0.4) is 0 Å². The Balaban J connectivity index is 0.00000605. The van der Waals surface area contributed by atoms with Gasteiger partial charge in [0, 0.05) is 47.0 Å². The van der Waals surface area contributed by atoms with Crippen molar-refractivity contribution in [1.29, 1.82) is 0 Å². The first-order valence-corrected chi connectivity index (χ1v) is 17.7. The van der Waals surface area contributed by atoms with Crippen molar-refractivity contribution in [2.24, 2.45) is 5.41 Å². The van der Waals surface area contributed by atoms with Gasteiger partial charge in [0.1, 0.15) is 24.6 Å². The fourth-order valence-corrected chi connectivity index (χ4v) is 6.33. The molecule has 52 heavy (non-hydrogen) atoms. The second-order valence-corrected chi connectivity index (χ2v) is 14.3. The molecule has 0 bridgehead atoms. The lowest BCUT2D eigenvalue weighted by Gasteiger charge is -2.31. The van der Waals surface area contributed by atoms with Crippen LogP contribution in [0.15, 0.2) is 91.0 Å². The van der Waals surface area contributed by atoms with Gasteiger partial charge in [-0.15, -0.1) is 12.4 Å². The number of hydrogen-bond donors (Lipinski definition) is 2. The highest BCUT2D eigenvalue weighted by atomic mass is 35.5. The molecule has 5 rings (SSSR count). The minimum Gasteiger partial charge on any atom is -0.492 e. The Morgan fingerprint density at radius 2 is 1.71 bits per heavy atom. The lowest BCUT2D eigenvalue weighted by molar-refractivity contribution is -0.138. The van der Waals surface area contributed by atoms with Crippen LogP contribution >= 0.6 is 24.0 Å². The summed E-state index contributed by atoms with van der Waals surface area (Å²) in [5.74, 6) is -0.250. The number of nitrogens with one attached hydrogen (secondary N) is 2. The Labute approximate surface area is 317 Å². The predicted molar refractivity (Wildman–Crippen MR) is 206 cm³/mol. The number of aryl methyl sites for hydroxylation is 1. The van der Waals surface area contributed by atoms with E-state index in [4.69, 9.17) is 25.8 Å². The van der Waals surface area contributed by atoms with Gasteiger partial charge >= 0.3 is 0 Å². The van der Waals surface area contributed by atoms with E-state index in [1.54, 1.807) is 42.3 Å². The van der Waals surface area contributed by atoms with Gasteiger partial charge in [-0.2, -0.15) is 0 Å². The molecule has 2 N–H and O–H groups in total. The quantitative estimate of drug-likeness (QED) is 0.120. The number of carbonyl (C=O) groups excluding carboxylic acids is 2. The van der Waals surface area contributed by atoms with Gasteiger partial charge in [-0.1, -0.05) is 93.0 Å². The van der Waals surface area contributed by atoms with E-state index in [-0.39, 0.29) is 36.7 Å². The molecule has 1 aliphatic heterocycles. The summed E-state index contributed by atoms with van der Waals surface area (Å²) >= 11 is 6.58. The van der Waals surface area contributed by atoms with E-state index in [1.165, 1.54) is 11.6 Å². The molecule has 0 fully saturated rings. The molecule has 1 heterocycles. The van der Waals surface area contributed by atoms with Crippen LogP contribution < -0.4 is 25.0 Å². The molecule has 0 saturated carbocycles. The van der Waals surface area contributed by atoms with Gasteiger partial charge in [0.2, 0.25) is 5.91 Å². The number of ether oxygens (including phenoxy) is 3. The number of fused-ring (bicyclic) bond motifs is 1. The van der Waals surface area contributed by atoms with Crippen LogP contribution in [0.4, 0.5) is 10.1 Å². The van der Waals surface area contributed by atoms with Gasteiger partial charge < -0.3 is 29.7 Å². The Kier molecular flexibility index (Phi) is 14.9. The summed E-state index contributed by atoms with van der Waals surface area (Å²) in [5.41, 5.74) is 3.28. The van der Waals surface area contributed by atoms with Gasteiger partial charge in [0.25, 0.3) is 5.91 Å². The molecule has 2 amide bonds. The van der Waals surface area contributed by atoms with Crippen molar-refractivity contribution in [1.82, 2.24) is 10.6 Å². The minimum atomic E-state index is -1.17. The molecule has 1 aliphatic rings. The van der Waals surface area contributed by atoms with Crippen LogP contribution in [0, 0.1) is 11.2 Å². The number of anilines is 1. The van der Waals surface area contributed by atoms with Crippen LogP contribution in [0.2, 0.25) is 5.02 Å². The highest BCUT2D eigenvalue weighted by Crippen LogP contribution is 2.45. The molecular weight excluding hydrogens is 704 g/mol. The fourth-order valence-electron chi connectivity index (χ4n) is 6.15. The van der Waals surface area contributed by atoms with E-state index in [2.05, 4.69) is 34.9 Å². The normalized spacial score (nSPS) is 15.7. The largest absolute Gasteiger partial charge is 0.492 e. The van der Waals surface area contributed by atoms with Gasteiger partial charge in [0.15, 0.2) is 11.5 Å². The van der Waals surface area contributed by atoms with E-state index in [0.717, 1.165) is 19.4 Å². The number of methoxy groups -OCH3 is 1. The Bertz CT molecular complexity index is 1790. The molecule has 0 unspecified atom stereocenters. The third-order valence-corrected chi connectivity index (χ3v) is 8.77. The molecular formula is C41H48Cl2FN3O5. The van der Waals surface area contributed by atoms with Crippen LogP contribution in [0.1, 0.15) is 62.0 Å². The first-order valence-electron chi connectivity index (χ1n) is 17.3. The number of benzene rings is 4. The van der Waals surface area contributed by atoms with E-state index in [0.29, 0.717) is 58.6 Å². The third-order valence-electron chi connectivity index (χ3n) is 8.54. The highest BCUT2D eigenvalue weighted by Gasteiger charge is 2.40. The molecule has 278 valence electrons. The van der Waals surface area contributed by atoms with Crippen molar-refractivity contribution >= 4 is 41.5 Å². The van der Waals surface area contributed by atoms with Crippen molar-refractivity contribution in [2.75, 3.05) is 38.3 Å². The number of rotatable bonds is 15. The average molecular weight is 753 g/mol. The van der Waals surface area contributed by atoms with E-state index in [1.807, 2.05) is 51.1 Å². The molecule has 0 spiro atoms. The number of para-hydroxylation sites is 1. The van der Waals surface area contributed by atoms with Crippen molar-refractivity contribution in [3.05, 3.63) is 124 Å². The minimum absolute atomic E-state index is 0. The maximum Gasteiger partial charge on any atom is 0.256 e. The van der Waals surface area contributed by atoms with Crippen molar-refractivity contribution in [3.63, 3.8) is 0 Å². The van der Waals surface area contributed by atoms with Gasteiger partial charge in [-0.05, 0) is 60.7 Å². The molecule has 0 aliphatic carbocycles. The zero-order valence-corrected chi connectivity index (χ0v) is 31.7. The summed E-state index contributed by atoms with van der Waals surface area (Å²) in [6.45, 7) is 8.36. The number of nitrogens with zero attached hydrogens (tertiary/aromatic N) is 1. The van der Waals surface area contributed by atoms with Crippen LogP contribution in [-0.4, -0.2) is 51.3 Å². The van der Waals surface area contributed by atoms with Crippen molar-refractivity contribution < 1.29 is 28.2 Å². The summed E-state index contributed by atoms with van der Waals surface area (Å²) in [6.07, 6.45) is -0.274. The van der Waals surface area contributed by atoms with Crippen molar-refractivity contribution in [2.45, 2.75) is 58.8 Å². The molecule has 11 heteroatoms. The first kappa shape index (κ1) is 40.6. The van der Waals surface area contributed by atoms with Crippen molar-refractivity contribution in [3.8, 4) is 11.5 Å². The zero-order valence-electron chi connectivity index (χ0n) is 30.1. The zero-order chi connectivity index (χ0) is 36.4. The smallest absolute Gasteiger partial charge is 0.256 e. The van der Waals surface area contributed by atoms with E-state index < -0.39 is 23.9 Å². The maximum absolute atomic E-state index is 14.3. The second kappa shape index (κ2) is 19.1. The number of halogens is 3. The number of carbonyl (C=O) groups is 2. The Hall–Kier alpha value is -4.15. The summed E-state index contributed by atoms with van der Waals surface area (Å²) in [6, 6.07) is 27.5. The Morgan fingerprint density at radius 3 is 2.44 bits per heavy atom. The first-order chi connectivity index (χ1) is 24.5. The molecule has 4 aromatic carbocycles. The van der Waals surface area contributed by atoms with Crippen LogP contribution in [0.25, 0.3) is 0 Å². The molecule has 0 aromatic heterocycles. The lowest BCUT2D eigenvalue weighted by atomic mass is 9.94. The molecule has 0 saturated heterocycles. The van der Waals surface area contributed by atoms with Gasteiger partial charge in [-0.3, -0.25) is 9.59 Å². The summed E-state index contributed by atoms with van der Waals surface area (Å²) in [5, 5.41) is 6.66. The molecule has 0 radical (unpaired) electrons. The summed E-state index contributed by atoms with van der Waals surface area (Å²) in [7, 11) is 1.56. The maximum atomic E-state index is 14.3. The monoisotopic (exact) mass is 751 g/mol. The van der Waals surface area contributed by atoms with E-state index in [9.17, 15) is 14.0 Å². The number of hydrogen-bond acceptors (Lipinski definition) is 6. The van der Waals surface area contributed by atoms with E-state index >= 15 is 0 Å². The summed E-state index contributed by atoms with van der Waals surface area (Å²) < 4.78 is 33.1. The predicted octanol–water partition coefficient (Wildman–Crippen LogP) is 8.08. The SMILES string of the molecule is COc1c(OCCNCCCc2ccccc2)cccc1[C@@H]1O[C@@H](CC(=O)NCc2ccccc2F)C(=O)N(CC(C)(C)C)c2ccc(Cl)cc21.Cl.